The summed E-state index contributed by atoms with van der Waals surface area (Å²) in [5.41, 5.74) is 7.12. The van der Waals surface area contributed by atoms with E-state index < -0.39 is 11.9 Å². The van der Waals surface area contributed by atoms with Gasteiger partial charge in [-0.05, 0) is 29.8 Å². The van der Waals surface area contributed by atoms with E-state index in [0.29, 0.717) is 44.2 Å². The number of benzene rings is 2. The van der Waals surface area contributed by atoms with Gasteiger partial charge in [-0.25, -0.2) is 4.79 Å². The van der Waals surface area contributed by atoms with E-state index in [0.717, 1.165) is 11.1 Å². The highest BCUT2D eigenvalue weighted by atomic mass is 16.6. The largest absolute Gasteiger partial charge is 0.632 e. The Morgan fingerprint density at radius 1 is 1.00 bits per heavy atom. The number of rotatable bonds is 8. The van der Waals surface area contributed by atoms with Crippen LogP contribution in [0.4, 0.5) is 0 Å². The Balaban J connectivity index is 1.49. The van der Waals surface area contributed by atoms with Crippen molar-refractivity contribution in [3.63, 3.8) is 0 Å². The second-order valence-electron chi connectivity index (χ2n) is 6.95. The molecule has 1 aliphatic rings. The minimum atomic E-state index is -0.550. The van der Waals surface area contributed by atoms with E-state index >= 15 is 0 Å². The SMILES string of the molecule is NC(=O)COc1ccc(COC(=O)c2ccc(C[N+]3([O-])CCOCC3)cc2)cc1. The number of primary amides is 1. The van der Waals surface area contributed by atoms with E-state index in [4.69, 9.17) is 19.9 Å². The van der Waals surface area contributed by atoms with Crippen LogP contribution in [0.25, 0.3) is 0 Å². The molecule has 0 aromatic heterocycles. The van der Waals surface area contributed by atoms with Gasteiger partial charge in [0.2, 0.25) is 0 Å². The molecule has 29 heavy (non-hydrogen) atoms. The van der Waals surface area contributed by atoms with E-state index in [1.807, 2.05) is 0 Å². The van der Waals surface area contributed by atoms with Crippen molar-refractivity contribution in [1.82, 2.24) is 0 Å². The number of quaternary nitrogens is 1. The van der Waals surface area contributed by atoms with Crippen LogP contribution in [0.5, 0.6) is 5.75 Å². The average Bonchev–Trinajstić information content (AvgIpc) is 2.72. The standard InChI is InChI=1S/C21H24N2O6/c22-20(24)15-28-19-7-3-17(4-8-19)14-29-21(25)18-5-1-16(2-6-18)13-23(26)9-11-27-12-10-23/h1-8H,9-15H2,(H2,22,24). The molecule has 3 rings (SSSR count). The number of morpholine rings is 1. The van der Waals surface area contributed by atoms with Crippen LogP contribution in [0.2, 0.25) is 0 Å². The third kappa shape index (κ3) is 6.28. The highest BCUT2D eigenvalue weighted by molar-refractivity contribution is 5.89. The second kappa shape index (κ2) is 9.51. The Hall–Kier alpha value is -2.94. The summed E-state index contributed by atoms with van der Waals surface area (Å²) in [5.74, 6) is -0.484. The fraction of sp³-hybridized carbons (Fsp3) is 0.333. The summed E-state index contributed by atoms with van der Waals surface area (Å²) in [6.07, 6.45) is 0. The minimum Gasteiger partial charge on any atom is -0.632 e. The molecule has 1 heterocycles. The third-order valence-corrected chi connectivity index (χ3v) is 4.62. The van der Waals surface area contributed by atoms with Gasteiger partial charge in [-0.1, -0.05) is 24.3 Å². The fourth-order valence-corrected chi connectivity index (χ4v) is 2.98. The van der Waals surface area contributed by atoms with Crippen molar-refractivity contribution in [3.05, 3.63) is 70.4 Å². The van der Waals surface area contributed by atoms with Gasteiger partial charge in [-0.15, -0.1) is 0 Å². The molecule has 1 saturated heterocycles. The first-order valence-corrected chi connectivity index (χ1v) is 9.34. The summed E-state index contributed by atoms with van der Waals surface area (Å²) < 4.78 is 15.4. The highest BCUT2D eigenvalue weighted by Gasteiger charge is 2.21. The van der Waals surface area contributed by atoms with Crippen LogP contribution in [0, 0.1) is 5.21 Å². The molecule has 2 aromatic rings. The number of nitrogens with zero attached hydrogens (tertiary/aromatic N) is 1. The molecule has 1 aliphatic heterocycles. The van der Waals surface area contributed by atoms with Crippen molar-refractivity contribution in [2.24, 2.45) is 5.73 Å². The van der Waals surface area contributed by atoms with Gasteiger partial charge in [-0.3, -0.25) is 4.79 Å². The molecule has 8 heteroatoms. The molecular formula is C21H24N2O6. The molecule has 2 aromatic carbocycles. The Labute approximate surface area is 168 Å². The number of esters is 1. The lowest BCUT2D eigenvalue weighted by molar-refractivity contribution is -0.901. The zero-order valence-corrected chi connectivity index (χ0v) is 16.0. The number of nitrogens with two attached hydrogens (primary N) is 1. The molecule has 0 radical (unpaired) electrons. The van der Waals surface area contributed by atoms with Crippen molar-refractivity contribution in [1.29, 1.82) is 0 Å². The highest BCUT2D eigenvalue weighted by Crippen LogP contribution is 2.17. The molecule has 0 unspecified atom stereocenters. The maximum atomic E-state index is 12.6. The van der Waals surface area contributed by atoms with E-state index in [2.05, 4.69) is 0 Å². The first kappa shape index (κ1) is 20.8. The Bertz CT molecular complexity index is 829. The summed E-state index contributed by atoms with van der Waals surface area (Å²) in [4.78, 5) is 23.0. The molecule has 8 nitrogen and oxygen atoms in total. The lowest BCUT2D eigenvalue weighted by Gasteiger charge is -2.45. The van der Waals surface area contributed by atoms with Crippen molar-refractivity contribution in [2.45, 2.75) is 13.2 Å². The Morgan fingerprint density at radius 2 is 1.62 bits per heavy atom. The summed E-state index contributed by atoms with van der Waals surface area (Å²) >= 11 is 0. The summed E-state index contributed by atoms with van der Waals surface area (Å²) in [6.45, 7) is 2.12. The first-order valence-electron chi connectivity index (χ1n) is 9.34. The van der Waals surface area contributed by atoms with Crippen LogP contribution >= 0.6 is 0 Å². The van der Waals surface area contributed by atoms with Gasteiger partial charge in [-0.2, -0.15) is 0 Å². The quantitative estimate of drug-likeness (QED) is 0.411. The van der Waals surface area contributed by atoms with E-state index in [1.54, 1.807) is 48.5 Å². The zero-order valence-electron chi connectivity index (χ0n) is 16.0. The van der Waals surface area contributed by atoms with E-state index in [9.17, 15) is 14.8 Å². The summed E-state index contributed by atoms with van der Waals surface area (Å²) in [7, 11) is 0. The van der Waals surface area contributed by atoms with E-state index in [-0.39, 0.29) is 17.9 Å². The lowest BCUT2D eigenvalue weighted by Crippen LogP contribution is -2.49. The van der Waals surface area contributed by atoms with Gasteiger partial charge in [0.25, 0.3) is 5.91 Å². The van der Waals surface area contributed by atoms with Gasteiger partial charge in [0.05, 0.1) is 18.8 Å². The van der Waals surface area contributed by atoms with Crippen LogP contribution < -0.4 is 10.5 Å². The maximum Gasteiger partial charge on any atom is 0.338 e. The molecule has 2 N–H and O–H groups in total. The molecule has 0 aliphatic carbocycles. The number of carbonyl (C=O) groups is 2. The molecule has 1 amide bonds. The van der Waals surface area contributed by atoms with Crippen LogP contribution in [0.1, 0.15) is 21.5 Å². The number of hydrogen-bond acceptors (Lipinski definition) is 6. The molecule has 0 spiro atoms. The third-order valence-electron chi connectivity index (χ3n) is 4.62. The molecule has 0 saturated carbocycles. The number of hydroxylamine groups is 3. The van der Waals surface area contributed by atoms with Gasteiger partial charge < -0.3 is 29.8 Å². The first-order chi connectivity index (χ1) is 13.9. The maximum absolute atomic E-state index is 12.6. The van der Waals surface area contributed by atoms with E-state index in [1.165, 1.54) is 0 Å². The number of amides is 1. The predicted molar refractivity (Wildman–Crippen MR) is 105 cm³/mol. The van der Waals surface area contributed by atoms with Crippen molar-refractivity contribution in [2.75, 3.05) is 32.9 Å². The van der Waals surface area contributed by atoms with Crippen LogP contribution in [0.3, 0.4) is 0 Å². The van der Waals surface area contributed by atoms with Gasteiger partial charge in [0, 0.05) is 5.56 Å². The Morgan fingerprint density at radius 3 is 2.24 bits per heavy atom. The zero-order chi connectivity index (χ0) is 20.7. The summed E-state index contributed by atoms with van der Waals surface area (Å²) in [6, 6.07) is 13.8. The van der Waals surface area contributed by atoms with Gasteiger partial charge in [0.1, 0.15) is 32.0 Å². The molecular weight excluding hydrogens is 376 g/mol. The van der Waals surface area contributed by atoms with Gasteiger partial charge in [0.15, 0.2) is 6.61 Å². The summed E-state index contributed by atoms with van der Waals surface area (Å²) in [5, 5.41) is 12.6. The predicted octanol–water partition coefficient (Wildman–Crippen LogP) is 1.75. The van der Waals surface area contributed by atoms with Crippen molar-refractivity contribution < 1.29 is 28.4 Å². The molecule has 1 fully saturated rings. The smallest absolute Gasteiger partial charge is 0.338 e. The number of carbonyl (C=O) groups excluding carboxylic acids is 2. The van der Waals surface area contributed by atoms with Crippen molar-refractivity contribution in [3.8, 4) is 5.75 Å². The molecule has 154 valence electrons. The van der Waals surface area contributed by atoms with Crippen LogP contribution in [-0.4, -0.2) is 49.4 Å². The van der Waals surface area contributed by atoms with Crippen LogP contribution in [0.15, 0.2) is 48.5 Å². The fourth-order valence-electron chi connectivity index (χ4n) is 2.98. The van der Waals surface area contributed by atoms with Crippen molar-refractivity contribution >= 4 is 11.9 Å². The Kier molecular flexibility index (Phi) is 6.82. The average molecular weight is 400 g/mol. The number of ether oxygens (including phenoxy) is 3. The minimum absolute atomic E-state index is 0.108. The number of hydrogen-bond donors (Lipinski definition) is 1. The molecule has 0 atom stereocenters. The normalized spacial score (nSPS) is 15.5. The molecule has 0 bridgehead atoms. The monoisotopic (exact) mass is 400 g/mol. The van der Waals surface area contributed by atoms with Crippen LogP contribution in [-0.2, 0) is 27.4 Å². The topological polar surface area (TPSA) is 111 Å². The second-order valence-corrected chi connectivity index (χ2v) is 6.95. The van der Waals surface area contributed by atoms with Gasteiger partial charge >= 0.3 is 5.97 Å². The lowest BCUT2D eigenvalue weighted by atomic mass is 10.1.